The normalized spacial score (nSPS) is 10.6. The van der Waals surface area contributed by atoms with Crippen LogP contribution in [0.2, 0.25) is 0 Å². The first-order chi connectivity index (χ1) is 14.1. The van der Waals surface area contributed by atoms with E-state index in [4.69, 9.17) is 9.84 Å². The second-order valence-electron chi connectivity index (χ2n) is 6.65. The summed E-state index contributed by atoms with van der Waals surface area (Å²) in [7, 11) is 1.58. The number of nitrogens with one attached hydrogen (secondary N) is 1. The van der Waals surface area contributed by atoms with E-state index >= 15 is 0 Å². The molecule has 150 valence electrons. The van der Waals surface area contributed by atoms with Crippen molar-refractivity contribution in [2.24, 2.45) is 0 Å². The molecule has 2 N–H and O–H groups in total. The summed E-state index contributed by atoms with van der Waals surface area (Å²) in [6.45, 7) is 2.59. The van der Waals surface area contributed by atoms with Gasteiger partial charge >= 0.3 is 0 Å². The van der Waals surface area contributed by atoms with Gasteiger partial charge in [0.2, 0.25) is 0 Å². The zero-order chi connectivity index (χ0) is 20.6. The highest BCUT2D eigenvalue weighted by atomic mass is 16.5. The van der Waals surface area contributed by atoms with Crippen molar-refractivity contribution in [2.75, 3.05) is 25.6 Å². The van der Waals surface area contributed by atoms with Crippen LogP contribution < -0.4 is 10.1 Å². The maximum Gasteiger partial charge on any atom is 0.168 e. The minimum atomic E-state index is -0.0517. The fourth-order valence-electron chi connectivity index (χ4n) is 2.89. The molecule has 0 aliphatic rings. The van der Waals surface area contributed by atoms with Crippen molar-refractivity contribution < 1.29 is 14.6 Å². The Bertz CT molecular complexity index is 977. The lowest BCUT2D eigenvalue weighted by Crippen LogP contribution is -2.10. The molecule has 0 amide bonds. The van der Waals surface area contributed by atoms with Crippen LogP contribution in [0, 0.1) is 6.92 Å². The van der Waals surface area contributed by atoms with Gasteiger partial charge in [-0.1, -0.05) is 0 Å². The number of aliphatic hydroxyl groups is 1. The SMILES string of the molecule is COc1cc(C)cc(C(=O)Cc2cc(NCCCO)nc(-c3cccnc3)n2)c1. The molecule has 0 saturated heterocycles. The molecule has 0 aliphatic heterocycles. The maximum atomic E-state index is 12.9. The van der Waals surface area contributed by atoms with Crippen molar-refractivity contribution in [1.82, 2.24) is 15.0 Å². The van der Waals surface area contributed by atoms with Crippen molar-refractivity contribution >= 4 is 11.6 Å². The Balaban J connectivity index is 1.90. The Hall–Kier alpha value is -3.32. The highest BCUT2D eigenvalue weighted by Gasteiger charge is 2.13. The molecule has 1 aromatic carbocycles. The number of ketones is 1. The van der Waals surface area contributed by atoms with Crippen LogP contribution in [-0.2, 0) is 6.42 Å². The molecule has 29 heavy (non-hydrogen) atoms. The largest absolute Gasteiger partial charge is 0.497 e. The summed E-state index contributed by atoms with van der Waals surface area (Å²) >= 11 is 0. The van der Waals surface area contributed by atoms with Crippen molar-refractivity contribution in [3.05, 3.63) is 65.6 Å². The molecule has 7 heteroatoms. The first kappa shape index (κ1) is 20.4. The number of Topliss-reactive ketones (excluding diaryl/α,β-unsaturated/α-hetero) is 1. The minimum absolute atomic E-state index is 0.0517. The van der Waals surface area contributed by atoms with Gasteiger partial charge in [-0.25, -0.2) is 9.97 Å². The number of rotatable bonds is 9. The molecule has 0 spiro atoms. The number of carbonyl (C=O) groups is 1. The number of anilines is 1. The van der Waals surface area contributed by atoms with Crippen LogP contribution in [0.3, 0.4) is 0 Å². The molecule has 0 bridgehead atoms. The second kappa shape index (κ2) is 9.75. The standard InChI is InChI=1S/C22H24N4O3/c1-15-9-17(11-19(10-15)29-2)20(28)12-18-13-21(24-7-4-8-27)26-22(25-18)16-5-3-6-23-14-16/h3,5-6,9-11,13-14,27H,4,7-8,12H2,1-2H3,(H,24,25,26). The van der Waals surface area contributed by atoms with Gasteiger partial charge in [0.1, 0.15) is 11.6 Å². The van der Waals surface area contributed by atoms with Crippen LogP contribution in [0.5, 0.6) is 5.75 Å². The van der Waals surface area contributed by atoms with Gasteiger partial charge in [-0.05, 0) is 49.2 Å². The van der Waals surface area contributed by atoms with Crippen LogP contribution in [0.4, 0.5) is 5.82 Å². The molecule has 0 unspecified atom stereocenters. The number of carbonyl (C=O) groups excluding carboxylic acids is 1. The fraction of sp³-hybridized carbons (Fsp3) is 0.273. The molecule has 0 aliphatic carbocycles. The predicted octanol–water partition coefficient (Wildman–Crippen LogP) is 3.08. The minimum Gasteiger partial charge on any atom is -0.497 e. The number of aromatic nitrogens is 3. The summed E-state index contributed by atoms with van der Waals surface area (Å²) in [6.07, 6.45) is 4.10. The van der Waals surface area contributed by atoms with E-state index in [1.165, 1.54) is 0 Å². The third kappa shape index (κ3) is 5.58. The lowest BCUT2D eigenvalue weighted by molar-refractivity contribution is 0.0991. The lowest BCUT2D eigenvalue weighted by Gasteiger charge is -2.10. The van der Waals surface area contributed by atoms with Crippen LogP contribution in [-0.4, -0.2) is 46.1 Å². The number of pyridine rings is 1. The second-order valence-corrected chi connectivity index (χ2v) is 6.65. The first-order valence-corrected chi connectivity index (χ1v) is 9.41. The molecule has 0 radical (unpaired) electrons. The smallest absolute Gasteiger partial charge is 0.168 e. The van der Waals surface area contributed by atoms with Gasteiger partial charge < -0.3 is 15.2 Å². The summed E-state index contributed by atoms with van der Waals surface area (Å²) in [6, 6.07) is 10.9. The Morgan fingerprint density at radius 1 is 1.21 bits per heavy atom. The molecule has 2 heterocycles. The van der Waals surface area contributed by atoms with Gasteiger partial charge in [-0.3, -0.25) is 9.78 Å². The molecule has 0 saturated carbocycles. The van der Waals surface area contributed by atoms with Crippen LogP contribution in [0.1, 0.15) is 28.0 Å². The molecule has 2 aromatic heterocycles. The zero-order valence-corrected chi connectivity index (χ0v) is 16.6. The van der Waals surface area contributed by atoms with E-state index in [0.717, 1.165) is 11.1 Å². The van der Waals surface area contributed by atoms with E-state index in [1.54, 1.807) is 31.6 Å². The number of hydrogen-bond acceptors (Lipinski definition) is 7. The number of aryl methyl sites for hydroxylation is 1. The Morgan fingerprint density at radius 2 is 2.07 bits per heavy atom. The number of methoxy groups -OCH3 is 1. The molecular weight excluding hydrogens is 368 g/mol. The van der Waals surface area contributed by atoms with Crippen molar-refractivity contribution in [3.63, 3.8) is 0 Å². The Labute approximate surface area is 169 Å². The van der Waals surface area contributed by atoms with Crippen LogP contribution >= 0.6 is 0 Å². The number of aliphatic hydroxyl groups excluding tert-OH is 1. The van der Waals surface area contributed by atoms with Gasteiger partial charge in [-0.15, -0.1) is 0 Å². The van der Waals surface area contributed by atoms with E-state index in [9.17, 15) is 4.79 Å². The highest BCUT2D eigenvalue weighted by molar-refractivity contribution is 5.98. The van der Waals surface area contributed by atoms with E-state index in [-0.39, 0.29) is 18.8 Å². The molecule has 0 atom stereocenters. The number of ether oxygens (including phenoxy) is 1. The van der Waals surface area contributed by atoms with Crippen molar-refractivity contribution in [1.29, 1.82) is 0 Å². The molecule has 7 nitrogen and oxygen atoms in total. The first-order valence-electron chi connectivity index (χ1n) is 9.41. The molecule has 3 rings (SSSR count). The van der Waals surface area contributed by atoms with E-state index < -0.39 is 0 Å². The molecular formula is C22H24N4O3. The summed E-state index contributed by atoms with van der Waals surface area (Å²) in [5, 5.41) is 12.2. The number of nitrogens with zero attached hydrogens (tertiary/aromatic N) is 3. The lowest BCUT2D eigenvalue weighted by atomic mass is 10.0. The third-order valence-corrected chi connectivity index (χ3v) is 4.29. The topological polar surface area (TPSA) is 97.2 Å². The zero-order valence-electron chi connectivity index (χ0n) is 16.6. The Kier molecular flexibility index (Phi) is 6.86. The molecule has 3 aromatic rings. The third-order valence-electron chi connectivity index (χ3n) is 4.29. The average molecular weight is 392 g/mol. The van der Waals surface area contributed by atoms with Crippen LogP contribution in [0.25, 0.3) is 11.4 Å². The highest BCUT2D eigenvalue weighted by Crippen LogP contribution is 2.20. The van der Waals surface area contributed by atoms with Gasteiger partial charge in [0.15, 0.2) is 11.6 Å². The monoisotopic (exact) mass is 392 g/mol. The summed E-state index contributed by atoms with van der Waals surface area (Å²) in [5.74, 6) is 1.70. The summed E-state index contributed by atoms with van der Waals surface area (Å²) in [5.41, 5.74) is 2.91. The fourth-order valence-corrected chi connectivity index (χ4v) is 2.89. The van der Waals surface area contributed by atoms with E-state index in [2.05, 4.69) is 20.3 Å². The van der Waals surface area contributed by atoms with Crippen molar-refractivity contribution in [2.45, 2.75) is 19.8 Å². The number of hydrogen-bond donors (Lipinski definition) is 2. The van der Waals surface area contributed by atoms with Gasteiger partial charge in [-0.2, -0.15) is 0 Å². The van der Waals surface area contributed by atoms with Gasteiger partial charge in [0.05, 0.1) is 19.2 Å². The quantitative estimate of drug-likeness (QED) is 0.427. The summed E-state index contributed by atoms with van der Waals surface area (Å²) in [4.78, 5) is 26.1. The van der Waals surface area contributed by atoms with E-state index in [0.29, 0.717) is 41.6 Å². The average Bonchev–Trinajstić information content (AvgIpc) is 2.74. The summed E-state index contributed by atoms with van der Waals surface area (Å²) < 4.78 is 5.27. The van der Waals surface area contributed by atoms with Gasteiger partial charge in [0, 0.05) is 42.7 Å². The number of benzene rings is 1. The van der Waals surface area contributed by atoms with Gasteiger partial charge in [0.25, 0.3) is 0 Å². The Morgan fingerprint density at radius 3 is 2.79 bits per heavy atom. The maximum absolute atomic E-state index is 12.9. The van der Waals surface area contributed by atoms with Crippen LogP contribution in [0.15, 0.2) is 48.8 Å². The van der Waals surface area contributed by atoms with E-state index in [1.807, 2.05) is 31.2 Å². The molecule has 0 fully saturated rings. The predicted molar refractivity (Wildman–Crippen MR) is 111 cm³/mol. The van der Waals surface area contributed by atoms with Crippen molar-refractivity contribution in [3.8, 4) is 17.1 Å².